The van der Waals surface area contributed by atoms with Crippen LogP contribution in [0.15, 0.2) is 0 Å². The Kier molecular flexibility index (Phi) is 3.99. The topological polar surface area (TPSA) is 49.8 Å². The minimum Gasteiger partial charge on any atom is -0.359 e. The lowest BCUT2D eigenvalue weighted by atomic mass is 10.2. The van der Waals surface area contributed by atoms with Crippen molar-refractivity contribution in [1.82, 2.24) is 5.06 Å². The smallest absolute Gasteiger partial charge is 0.235 e. The Morgan fingerprint density at radius 1 is 1.60 bits per heavy atom. The second-order valence-electron chi connectivity index (χ2n) is 2.36. The number of hydrogen-bond acceptors (Lipinski definition) is 3. The van der Waals surface area contributed by atoms with Gasteiger partial charge in [-0.1, -0.05) is 13.8 Å². The van der Waals surface area contributed by atoms with Gasteiger partial charge in [-0.3, -0.25) is 10.0 Å². The zero-order valence-electron chi connectivity index (χ0n) is 6.44. The van der Waals surface area contributed by atoms with Crippen LogP contribution in [0.1, 0.15) is 13.8 Å². The first-order valence-electron chi connectivity index (χ1n) is 3.08. The summed E-state index contributed by atoms with van der Waals surface area (Å²) < 4.78 is 4.81. The molecular formula is C6H13NO3. The molecule has 0 spiro atoms. The molecule has 0 radical (unpaired) electrons. The molecule has 1 unspecified atom stereocenters. The van der Waals surface area contributed by atoms with Gasteiger partial charge >= 0.3 is 0 Å². The molecule has 10 heavy (non-hydrogen) atoms. The quantitative estimate of drug-likeness (QED) is 0.272. The number of amides is 1. The number of carbonyl (C=O) groups excluding carboxylic acids is 1. The molecule has 1 atom stereocenters. The Balaban J connectivity index is 3.92. The van der Waals surface area contributed by atoms with Crippen molar-refractivity contribution in [3.05, 3.63) is 0 Å². The van der Waals surface area contributed by atoms with Crippen molar-refractivity contribution in [2.45, 2.75) is 20.1 Å². The second-order valence-corrected chi connectivity index (χ2v) is 2.36. The van der Waals surface area contributed by atoms with Crippen molar-refractivity contribution in [1.29, 1.82) is 0 Å². The van der Waals surface area contributed by atoms with Crippen LogP contribution in [0.5, 0.6) is 0 Å². The Labute approximate surface area is 60.3 Å². The summed E-state index contributed by atoms with van der Waals surface area (Å²) in [6, 6.07) is 0. The first-order valence-corrected chi connectivity index (χ1v) is 3.08. The zero-order chi connectivity index (χ0) is 8.15. The van der Waals surface area contributed by atoms with Gasteiger partial charge in [0.15, 0.2) is 6.23 Å². The minimum absolute atomic E-state index is 0.0835. The Hall–Kier alpha value is -0.610. The highest BCUT2D eigenvalue weighted by atomic mass is 16.6. The van der Waals surface area contributed by atoms with E-state index < -0.39 is 6.23 Å². The molecule has 4 nitrogen and oxygen atoms in total. The highest BCUT2D eigenvalue weighted by Crippen LogP contribution is 2.06. The molecule has 0 aromatic rings. The number of rotatable bonds is 4. The van der Waals surface area contributed by atoms with Crippen molar-refractivity contribution in [2.75, 3.05) is 7.11 Å². The number of methoxy groups -OCH3 is 1. The summed E-state index contributed by atoms with van der Waals surface area (Å²) in [7, 11) is 1.44. The van der Waals surface area contributed by atoms with Gasteiger partial charge in [0.25, 0.3) is 0 Å². The fourth-order valence-electron chi connectivity index (χ4n) is 0.746. The third kappa shape index (κ3) is 2.33. The van der Waals surface area contributed by atoms with Crippen LogP contribution in [0.25, 0.3) is 0 Å². The van der Waals surface area contributed by atoms with Crippen molar-refractivity contribution in [3.63, 3.8) is 0 Å². The summed E-state index contributed by atoms with van der Waals surface area (Å²) in [5.74, 6) is 0.0835. The molecule has 0 heterocycles. The van der Waals surface area contributed by atoms with Gasteiger partial charge in [0.05, 0.1) is 0 Å². The van der Waals surface area contributed by atoms with Gasteiger partial charge in [0.2, 0.25) is 6.41 Å². The van der Waals surface area contributed by atoms with Crippen LogP contribution in [0.3, 0.4) is 0 Å². The van der Waals surface area contributed by atoms with Gasteiger partial charge in [-0.2, -0.15) is 5.06 Å². The lowest BCUT2D eigenvalue weighted by molar-refractivity contribution is -0.209. The predicted molar refractivity (Wildman–Crippen MR) is 35.3 cm³/mol. The summed E-state index contributed by atoms with van der Waals surface area (Å²) in [6.07, 6.45) is -0.216. The molecule has 4 heteroatoms. The first-order chi connectivity index (χ1) is 4.63. The van der Waals surface area contributed by atoms with Crippen LogP contribution in [0.4, 0.5) is 0 Å². The predicted octanol–water partition coefficient (Wildman–Crippen LogP) is 0.462. The van der Waals surface area contributed by atoms with Gasteiger partial charge in [0, 0.05) is 13.0 Å². The maximum atomic E-state index is 10.0. The maximum Gasteiger partial charge on any atom is 0.235 e. The lowest BCUT2D eigenvalue weighted by Crippen LogP contribution is -2.36. The van der Waals surface area contributed by atoms with E-state index in [1.165, 1.54) is 7.11 Å². The van der Waals surface area contributed by atoms with E-state index in [4.69, 9.17) is 9.94 Å². The van der Waals surface area contributed by atoms with Crippen LogP contribution >= 0.6 is 0 Å². The van der Waals surface area contributed by atoms with Crippen LogP contribution in [-0.2, 0) is 9.53 Å². The van der Waals surface area contributed by atoms with E-state index in [-0.39, 0.29) is 5.92 Å². The molecule has 0 aromatic carbocycles. The number of hydroxylamine groups is 2. The Morgan fingerprint density at radius 2 is 2.10 bits per heavy atom. The Bertz CT molecular complexity index is 105. The summed E-state index contributed by atoms with van der Waals surface area (Å²) in [5.41, 5.74) is 0. The van der Waals surface area contributed by atoms with Crippen molar-refractivity contribution in [3.8, 4) is 0 Å². The first kappa shape index (κ1) is 9.39. The van der Waals surface area contributed by atoms with Gasteiger partial charge in [-0.15, -0.1) is 0 Å². The standard InChI is InChI=1S/C6H13NO3/c1-5(2)6(10-3)7(9)4-8/h4-6,9H,1-3H3. The largest absolute Gasteiger partial charge is 0.359 e. The normalized spacial score (nSPS) is 13.3. The molecule has 0 aliphatic heterocycles. The molecule has 0 bridgehead atoms. The third-order valence-corrected chi connectivity index (χ3v) is 1.18. The summed E-state index contributed by atoms with van der Waals surface area (Å²) in [4.78, 5) is 10.0. The monoisotopic (exact) mass is 147 g/mol. The molecule has 0 saturated heterocycles. The third-order valence-electron chi connectivity index (χ3n) is 1.18. The second kappa shape index (κ2) is 4.24. The zero-order valence-corrected chi connectivity index (χ0v) is 6.44. The fraction of sp³-hybridized carbons (Fsp3) is 0.833. The summed E-state index contributed by atoms with van der Waals surface area (Å²) in [6.45, 7) is 3.70. The minimum atomic E-state index is -0.544. The highest BCUT2D eigenvalue weighted by molar-refractivity contribution is 5.45. The molecule has 0 aliphatic rings. The number of carbonyl (C=O) groups is 1. The van der Waals surface area contributed by atoms with Crippen LogP contribution in [-0.4, -0.2) is 30.0 Å². The van der Waals surface area contributed by atoms with Crippen LogP contribution in [0.2, 0.25) is 0 Å². The Morgan fingerprint density at radius 3 is 2.20 bits per heavy atom. The van der Waals surface area contributed by atoms with E-state index in [0.717, 1.165) is 0 Å². The SMILES string of the molecule is COC(C(C)C)N(O)C=O. The van der Waals surface area contributed by atoms with E-state index >= 15 is 0 Å². The van der Waals surface area contributed by atoms with Crippen molar-refractivity contribution >= 4 is 6.41 Å². The van der Waals surface area contributed by atoms with Crippen molar-refractivity contribution in [2.24, 2.45) is 5.92 Å². The fourth-order valence-corrected chi connectivity index (χ4v) is 0.746. The van der Waals surface area contributed by atoms with Gasteiger partial charge in [-0.05, 0) is 0 Å². The number of nitrogens with zero attached hydrogens (tertiary/aromatic N) is 1. The van der Waals surface area contributed by atoms with Gasteiger partial charge < -0.3 is 4.74 Å². The molecule has 1 amide bonds. The maximum absolute atomic E-state index is 10.0. The summed E-state index contributed by atoms with van der Waals surface area (Å²) in [5, 5.41) is 9.35. The average molecular weight is 147 g/mol. The van der Waals surface area contributed by atoms with E-state index in [1.807, 2.05) is 13.8 Å². The number of hydrogen-bond donors (Lipinski definition) is 1. The summed E-state index contributed by atoms with van der Waals surface area (Å²) >= 11 is 0. The van der Waals surface area contributed by atoms with E-state index in [1.54, 1.807) is 0 Å². The van der Waals surface area contributed by atoms with Crippen LogP contribution < -0.4 is 0 Å². The lowest BCUT2D eigenvalue weighted by Gasteiger charge is -2.23. The molecule has 0 rings (SSSR count). The van der Waals surface area contributed by atoms with E-state index in [2.05, 4.69) is 0 Å². The average Bonchev–Trinajstić information content (AvgIpc) is 1.88. The number of ether oxygens (including phenoxy) is 1. The molecule has 60 valence electrons. The molecule has 0 aliphatic carbocycles. The molecule has 1 N–H and O–H groups in total. The van der Waals surface area contributed by atoms with E-state index in [0.29, 0.717) is 11.5 Å². The van der Waals surface area contributed by atoms with Crippen LogP contribution in [0, 0.1) is 5.92 Å². The highest BCUT2D eigenvalue weighted by Gasteiger charge is 2.17. The molecule has 0 aromatic heterocycles. The molecular weight excluding hydrogens is 134 g/mol. The molecule has 0 saturated carbocycles. The van der Waals surface area contributed by atoms with Gasteiger partial charge in [-0.25, -0.2) is 0 Å². The van der Waals surface area contributed by atoms with E-state index in [9.17, 15) is 4.79 Å². The van der Waals surface area contributed by atoms with Gasteiger partial charge in [0.1, 0.15) is 0 Å². The molecule has 0 fully saturated rings. The van der Waals surface area contributed by atoms with Crippen molar-refractivity contribution < 1.29 is 14.7 Å².